The van der Waals surface area contributed by atoms with Gasteiger partial charge in [0.1, 0.15) is 0 Å². The van der Waals surface area contributed by atoms with E-state index in [2.05, 4.69) is 26.0 Å². The molecule has 2 aromatic rings. The summed E-state index contributed by atoms with van der Waals surface area (Å²) in [5.74, 6) is 0. The SMILES string of the molecule is CNc1ccc(S(=O)(=O)Nc2ccc(Br)c(Cl)c2)cc1. The fourth-order valence-corrected chi connectivity index (χ4v) is 3.05. The van der Waals surface area contributed by atoms with Gasteiger partial charge in [-0.25, -0.2) is 8.42 Å². The van der Waals surface area contributed by atoms with E-state index in [1.165, 1.54) is 12.1 Å². The maximum Gasteiger partial charge on any atom is 0.261 e. The Morgan fingerprint density at radius 2 is 1.65 bits per heavy atom. The maximum atomic E-state index is 12.2. The second kappa shape index (κ2) is 6.03. The fourth-order valence-electron chi connectivity index (χ4n) is 1.57. The average Bonchev–Trinajstić information content (AvgIpc) is 2.43. The van der Waals surface area contributed by atoms with Crippen LogP contribution in [0.25, 0.3) is 0 Å². The third kappa shape index (κ3) is 3.45. The van der Waals surface area contributed by atoms with Gasteiger partial charge in [0.25, 0.3) is 10.0 Å². The van der Waals surface area contributed by atoms with Crippen molar-refractivity contribution in [1.29, 1.82) is 0 Å². The summed E-state index contributed by atoms with van der Waals surface area (Å²) >= 11 is 9.19. The lowest BCUT2D eigenvalue weighted by Crippen LogP contribution is -2.12. The van der Waals surface area contributed by atoms with E-state index in [9.17, 15) is 8.42 Å². The molecule has 0 spiro atoms. The summed E-state index contributed by atoms with van der Waals surface area (Å²) in [6, 6.07) is 11.3. The molecule has 4 nitrogen and oxygen atoms in total. The molecule has 7 heteroatoms. The normalized spacial score (nSPS) is 11.2. The number of halogens is 2. The van der Waals surface area contributed by atoms with Gasteiger partial charge in [-0.3, -0.25) is 4.72 Å². The first kappa shape index (κ1) is 15.2. The van der Waals surface area contributed by atoms with E-state index in [1.54, 1.807) is 37.4 Å². The van der Waals surface area contributed by atoms with E-state index >= 15 is 0 Å². The Bertz CT molecular complexity index is 718. The minimum atomic E-state index is -3.62. The van der Waals surface area contributed by atoms with E-state index in [-0.39, 0.29) is 4.90 Å². The Hall–Kier alpha value is -1.24. The molecule has 2 rings (SSSR count). The first-order valence-corrected chi connectivity index (χ1v) is 8.33. The largest absolute Gasteiger partial charge is 0.388 e. The first-order chi connectivity index (χ1) is 9.42. The fraction of sp³-hybridized carbons (Fsp3) is 0.0769. The van der Waals surface area contributed by atoms with Gasteiger partial charge >= 0.3 is 0 Å². The third-order valence-corrected chi connectivity index (χ3v) is 5.25. The summed E-state index contributed by atoms with van der Waals surface area (Å²) in [6.07, 6.45) is 0. The Morgan fingerprint density at radius 1 is 1.05 bits per heavy atom. The zero-order chi connectivity index (χ0) is 14.8. The van der Waals surface area contributed by atoms with Crippen LogP contribution in [0.15, 0.2) is 51.8 Å². The van der Waals surface area contributed by atoms with Gasteiger partial charge in [0.15, 0.2) is 0 Å². The molecule has 0 amide bonds. The van der Waals surface area contributed by atoms with Crippen LogP contribution in [0.1, 0.15) is 0 Å². The van der Waals surface area contributed by atoms with Crippen molar-refractivity contribution in [2.75, 3.05) is 17.1 Å². The molecule has 0 heterocycles. The van der Waals surface area contributed by atoms with Crippen LogP contribution in [-0.2, 0) is 10.0 Å². The predicted octanol–water partition coefficient (Wildman–Crippen LogP) is 3.95. The zero-order valence-corrected chi connectivity index (χ0v) is 13.7. The molecular formula is C13H12BrClN2O2S. The van der Waals surface area contributed by atoms with E-state index in [1.807, 2.05) is 0 Å². The van der Waals surface area contributed by atoms with Crippen molar-refractivity contribution < 1.29 is 8.42 Å². The molecule has 0 aliphatic rings. The first-order valence-electron chi connectivity index (χ1n) is 5.68. The second-order valence-electron chi connectivity index (χ2n) is 4.01. The quantitative estimate of drug-likeness (QED) is 0.851. The number of anilines is 2. The maximum absolute atomic E-state index is 12.2. The lowest BCUT2D eigenvalue weighted by Gasteiger charge is -2.09. The van der Waals surface area contributed by atoms with Gasteiger partial charge < -0.3 is 5.32 Å². The van der Waals surface area contributed by atoms with Crippen molar-refractivity contribution >= 4 is 48.9 Å². The number of sulfonamides is 1. The molecule has 0 aromatic heterocycles. The monoisotopic (exact) mass is 374 g/mol. The topological polar surface area (TPSA) is 58.2 Å². The molecule has 0 unspecified atom stereocenters. The second-order valence-corrected chi connectivity index (χ2v) is 6.95. The molecule has 0 fully saturated rings. The highest BCUT2D eigenvalue weighted by molar-refractivity contribution is 9.10. The van der Waals surface area contributed by atoms with Gasteiger partial charge in [-0.15, -0.1) is 0 Å². The van der Waals surface area contributed by atoms with Gasteiger partial charge in [0.05, 0.1) is 15.6 Å². The molecular weight excluding hydrogens is 364 g/mol. The molecule has 0 aliphatic heterocycles. The Labute approximate surface area is 131 Å². The molecule has 0 saturated heterocycles. The minimum absolute atomic E-state index is 0.190. The lowest BCUT2D eigenvalue weighted by molar-refractivity contribution is 0.601. The van der Waals surface area contributed by atoms with E-state index in [0.717, 1.165) is 5.69 Å². The van der Waals surface area contributed by atoms with Gasteiger partial charge in [-0.1, -0.05) is 11.6 Å². The molecule has 0 atom stereocenters. The number of nitrogens with one attached hydrogen (secondary N) is 2. The predicted molar refractivity (Wildman–Crippen MR) is 85.9 cm³/mol. The molecule has 2 N–H and O–H groups in total. The highest BCUT2D eigenvalue weighted by Crippen LogP contribution is 2.27. The molecule has 106 valence electrons. The lowest BCUT2D eigenvalue weighted by atomic mass is 10.3. The van der Waals surface area contributed by atoms with Crippen molar-refractivity contribution in [3.63, 3.8) is 0 Å². The van der Waals surface area contributed by atoms with Crippen LogP contribution in [0.4, 0.5) is 11.4 Å². The number of hydrogen-bond donors (Lipinski definition) is 2. The molecule has 0 saturated carbocycles. The zero-order valence-electron chi connectivity index (χ0n) is 10.5. The Morgan fingerprint density at radius 3 is 2.20 bits per heavy atom. The number of hydrogen-bond acceptors (Lipinski definition) is 3. The summed E-state index contributed by atoms with van der Waals surface area (Å²) in [7, 11) is -1.85. The van der Waals surface area contributed by atoms with Crippen molar-refractivity contribution in [1.82, 2.24) is 0 Å². The highest BCUT2D eigenvalue weighted by atomic mass is 79.9. The summed E-state index contributed by atoms with van der Waals surface area (Å²) in [6.45, 7) is 0. The van der Waals surface area contributed by atoms with Gasteiger partial charge in [-0.2, -0.15) is 0 Å². The van der Waals surface area contributed by atoms with Crippen molar-refractivity contribution in [2.24, 2.45) is 0 Å². The van der Waals surface area contributed by atoms with Crippen LogP contribution in [0.5, 0.6) is 0 Å². The van der Waals surface area contributed by atoms with Crippen molar-refractivity contribution in [3.05, 3.63) is 52.0 Å². The Balaban J connectivity index is 2.27. The van der Waals surface area contributed by atoms with Crippen LogP contribution in [-0.4, -0.2) is 15.5 Å². The van der Waals surface area contributed by atoms with Crippen LogP contribution in [0.2, 0.25) is 5.02 Å². The summed E-state index contributed by atoms with van der Waals surface area (Å²) in [5.41, 5.74) is 1.26. The Kier molecular flexibility index (Phi) is 4.57. The van der Waals surface area contributed by atoms with Crippen molar-refractivity contribution in [2.45, 2.75) is 4.90 Å². The van der Waals surface area contributed by atoms with Crippen LogP contribution in [0.3, 0.4) is 0 Å². The summed E-state index contributed by atoms with van der Waals surface area (Å²) in [5, 5.41) is 3.37. The molecule has 2 aromatic carbocycles. The molecule has 0 aliphatic carbocycles. The number of rotatable bonds is 4. The van der Waals surface area contributed by atoms with E-state index in [4.69, 9.17) is 11.6 Å². The van der Waals surface area contributed by atoms with Crippen LogP contribution >= 0.6 is 27.5 Å². The van der Waals surface area contributed by atoms with Gasteiger partial charge in [0, 0.05) is 17.2 Å². The van der Waals surface area contributed by atoms with E-state index in [0.29, 0.717) is 15.2 Å². The molecule has 20 heavy (non-hydrogen) atoms. The van der Waals surface area contributed by atoms with Gasteiger partial charge in [-0.05, 0) is 58.4 Å². The third-order valence-electron chi connectivity index (χ3n) is 2.63. The highest BCUT2D eigenvalue weighted by Gasteiger charge is 2.14. The molecule has 0 bridgehead atoms. The number of benzene rings is 2. The van der Waals surface area contributed by atoms with E-state index < -0.39 is 10.0 Å². The van der Waals surface area contributed by atoms with Crippen LogP contribution in [0, 0.1) is 0 Å². The van der Waals surface area contributed by atoms with Crippen molar-refractivity contribution in [3.8, 4) is 0 Å². The standard InChI is InChI=1S/C13H12BrClN2O2S/c1-16-9-2-5-11(6-3-9)20(18,19)17-10-4-7-12(14)13(15)8-10/h2-8,16-17H,1H3. The molecule has 0 radical (unpaired) electrons. The summed E-state index contributed by atoms with van der Waals surface area (Å²) in [4.78, 5) is 0.190. The smallest absolute Gasteiger partial charge is 0.261 e. The van der Waals surface area contributed by atoms with Gasteiger partial charge in [0.2, 0.25) is 0 Å². The average molecular weight is 376 g/mol. The minimum Gasteiger partial charge on any atom is -0.388 e. The summed E-state index contributed by atoms with van der Waals surface area (Å²) < 4.78 is 27.6. The van der Waals surface area contributed by atoms with Crippen LogP contribution < -0.4 is 10.0 Å².